The fraction of sp³-hybridized carbons (Fsp3) is 0.609. The van der Waals surface area contributed by atoms with Crippen molar-refractivity contribution in [3.8, 4) is 0 Å². The summed E-state index contributed by atoms with van der Waals surface area (Å²) in [6.07, 6.45) is 8.69. The number of Topliss-reactive ketones (excluding diaryl/α,β-unsaturated/α-hetero) is 1. The smallest absolute Gasteiger partial charge is 0.264 e. The number of nitrogens with one attached hydrogen (secondary N) is 1. The van der Waals surface area contributed by atoms with Crippen LogP contribution in [0.25, 0.3) is 0 Å². The second-order valence-corrected chi connectivity index (χ2v) is 9.99. The molecular formula is C23H34N3O4SY-. The summed E-state index contributed by atoms with van der Waals surface area (Å²) in [7, 11) is -3.81. The molecule has 1 atom stereocenters. The number of rotatable bonds is 8. The van der Waals surface area contributed by atoms with Crippen molar-refractivity contribution in [2.75, 3.05) is 26.3 Å². The molecule has 175 valence electrons. The van der Waals surface area contributed by atoms with Crippen LogP contribution in [-0.4, -0.2) is 57.4 Å². The largest absolute Gasteiger partial charge is 0.378 e. The van der Waals surface area contributed by atoms with Crippen LogP contribution in [0.1, 0.15) is 51.9 Å². The first-order valence-corrected chi connectivity index (χ1v) is 12.8. The monoisotopic (exact) mass is 537 g/mol. The third-order valence-corrected chi connectivity index (χ3v) is 7.27. The maximum absolute atomic E-state index is 13.0. The standard InChI is InChI=1S/C23H34N3O4S.Y/c1-2-9-22(27)21(18-19-10-5-3-6-11-19)24-23(26-14-16-30-17-15-26)25-31(28,29)20-12-7-4-8-13-20;/h2,4,7-8,12-13,19,21H,3,5-6,9-11,14-18H2,1H3,(H,24,25);/q-1;/t21-;/m0./s1. The van der Waals surface area contributed by atoms with E-state index in [1.807, 2.05) is 18.2 Å². The average Bonchev–Trinajstić information content (AvgIpc) is 2.80. The van der Waals surface area contributed by atoms with Gasteiger partial charge in [-0.1, -0.05) is 50.3 Å². The molecule has 9 heteroatoms. The van der Waals surface area contributed by atoms with E-state index in [1.54, 1.807) is 30.3 Å². The number of morpholine rings is 1. The summed E-state index contributed by atoms with van der Waals surface area (Å²) in [4.78, 5) is 19.7. The maximum Gasteiger partial charge on any atom is 0.264 e. The van der Waals surface area contributed by atoms with Gasteiger partial charge in [0.25, 0.3) is 10.0 Å². The van der Waals surface area contributed by atoms with Crippen LogP contribution >= 0.6 is 0 Å². The number of sulfonamides is 1. The molecule has 2 fully saturated rings. The Morgan fingerprint density at radius 2 is 1.84 bits per heavy atom. The van der Waals surface area contributed by atoms with Crippen LogP contribution in [0, 0.1) is 12.3 Å². The average molecular weight is 538 g/mol. The number of carbonyl (C=O) groups is 1. The quantitative estimate of drug-likeness (QED) is 0.313. The van der Waals surface area contributed by atoms with Crippen molar-refractivity contribution in [3.63, 3.8) is 0 Å². The maximum atomic E-state index is 13.0. The second-order valence-electron chi connectivity index (χ2n) is 8.30. The molecule has 3 rings (SSSR count). The number of aliphatic imine (C=N–C) groups is 1. The number of ketones is 1. The predicted octanol–water partition coefficient (Wildman–Crippen LogP) is 3.17. The van der Waals surface area contributed by atoms with Gasteiger partial charge in [0.2, 0.25) is 5.96 Å². The van der Waals surface area contributed by atoms with Crippen LogP contribution < -0.4 is 4.72 Å². The molecule has 1 saturated heterocycles. The van der Waals surface area contributed by atoms with Gasteiger partial charge in [-0.2, -0.15) is 6.92 Å². The van der Waals surface area contributed by atoms with Crippen molar-refractivity contribution in [2.24, 2.45) is 10.9 Å². The van der Waals surface area contributed by atoms with Gasteiger partial charge in [-0.3, -0.25) is 0 Å². The van der Waals surface area contributed by atoms with Gasteiger partial charge in [0.1, 0.15) is 11.8 Å². The van der Waals surface area contributed by atoms with E-state index >= 15 is 0 Å². The fourth-order valence-electron chi connectivity index (χ4n) is 4.21. The van der Waals surface area contributed by atoms with E-state index in [2.05, 4.69) is 4.72 Å². The Kier molecular flexibility index (Phi) is 11.8. The molecule has 0 aromatic heterocycles. The van der Waals surface area contributed by atoms with E-state index in [9.17, 15) is 13.2 Å². The number of hydrogen-bond donors (Lipinski definition) is 1. The van der Waals surface area contributed by atoms with Gasteiger partial charge in [0.15, 0.2) is 0 Å². The molecule has 1 radical (unpaired) electrons. The SMILES string of the molecule is C[CH-]CC(=O)[C@H](CC1CCCCC1)N=C(NS(=O)(=O)c1ccccc1)N1CCOCC1.[Y]. The zero-order chi connectivity index (χ0) is 22.1. The van der Waals surface area contributed by atoms with Crippen LogP contribution in [0.4, 0.5) is 0 Å². The van der Waals surface area contributed by atoms with E-state index in [0.717, 1.165) is 12.8 Å². The number of ether oxygens (including phenoxy) is 1. The van der Waals surface area contributed by atoms with Gasteiger partial charge in [-0.05, 0) is 24.5 Å². The summed E-state index contributed by atoms with van der Waals surface area (Å²) in [6.45, 7) is 3.91. The molecule has 1 N–H and O–H groups in total. The molecule has 0 unspecified atom stereocenters. The Balaban J connectivity index is 0.00000363. The Morgan fingerprint density at radius 3 is 2.47 bits per heavy atom. The van der Waals surface area contributed by atoms with Crippen LogP contribution in [0.15, 0.2) is 40.2 Å². The minimum atomic E-state index is -3.81. The van der Waals surface area contributed by atoms with Gasteiger partial charge in [0, 0.05) is 45.8 Å². The Labute approximate surface area is 217 Å². The molecule has 0 spiro atoms. The molecule has 2 aliphatic rings. The number of hydrogen-bond acceptors (Lipinski definition) is 5. The summed E-state index contributed by atoms with van der Waals surface area (Å²) in [6, 6.07) is 7.71. The van der Waals surface area contributed by atoms with Crippen molar-refractivity contribution in [3.05, 3.63) is 36.8 Å². The second kappa shape index (κ2) is 13.8. The minimum absolute atomic E-state index is 0. The normalized spacial score (nSPS) is 19.2. The summed E-state index contributed by atoms with van der Waals surface area (Å²) < 4.78 is 34.1. The molecule has 1 aromatic rings. The van der Waals surface area contributed by atoms with Gasteiger partial charge in [0.05, 0.1) is 18.1 Å². The van der Waals surface area contributed by atoms with Gasteiger partial charge in [-0.15, -0.1) is 6.42 Å². The van der Waals surface area contributed by atoms with Crippen LogP contribution in [0.3, 0.4) is 0 Å². The number of nitrogens with zero attached hydrogens (tertiary/aromatic N) is 2. The molecule has 0 bridgehead atoms. The molecule has 7 nitrogen and oxygen atoms in total. The van der Waals surface area contributed by atoms with Crippen molar-refractivity contribution in [1.29, 1.82) is 0 Å². The zero-order valence-corrected chi connectivity index (χ0v) is 22.6. The Morgan fingerprint density at radius 1 is 1.19 bits per heavy atom. The molecule has 1 aliphatic carbocycles. The van der Waals surface area contributed by atoms with Gasteiger partial charge < -0.3 is 20.9 Å². The first-order valence-electron chi connectivity index (χ1n) is 11.3. The van der Waals surface area contributed by atoms with E-state index in [0.29, 0.717) is 45.1 Å². The molecule has 1 saturated carbocycles. The number of guanidine groups is 1. The van der Waals surface area contributed by atoms with Crippen molar-refractivity contribution in [2.45, 2.75) is 62.8 Å². The summed E-state index contributed by atoms with van der Waals surface area (Å²) in [5, 5.41) is 0. The zero-order valence-electron chi connectivity index (χ0n) is 18.9. The minimum Gasteiger partial charge on any atom is -0.378 e. The van der Waals surface area contributed by atoms with E-state index < -0.39 is 16.1 Å². The molecule has 0 amide bonds. The van der Waals surface area contributed by atoms with Crippen LogP contribution in [-0.2, 0) is 52.3 Å². The number of benzene rings is 1. The fourth-order valence-corrected chi connectivity index (χ4v) is 5.26. The van der Waals surface area contributed by atoms with E-state index in [-0.39, 0.29) is 49.3 Å². The third kappa shape index (κ3) is 8.19. The topological polar surface area (TPSA) is 88.1 Å². The van der Waals surface area contributed by atoms with Gasteiger partial charge >= 0.3 is 0 Å². The van der Waals surface area contributed by atoms with Crippen LogP contribution in [0.5, 0.6) is 0 Å². The van der Waals surface area contributed by atoms with Crippen molar-refractivity contribution in [1.82, 2.24) is 9.62 Å². The van der Waals surface area contributed by atoms with E-state index in [4.69, 9.17) is 9.73 Å². The molecule has 1 aromatic carbocycles. The summed E-state index contributed by atoms with van der Waals surface area (Å²) >= 11 is 0. The molecule has 1 aliphatic heterocycles. The van der Waals surface area contributed by atoms with Crippen molar-refractivity contribution >= 4 is 21.8 Å². The molecule has 32 heavy (non-hydrogen) atoms. The first kappa shape index (κ1) is 27.4. The number of carbonyl (C=O) groups excluding carboxylic acids is 1. The van der Waals surface area contributed by atoms with Crippen LogP contribution in [0.2, 0.25) is 0 Å². The molecular weight excluding hydrogens is 503 g/mol. The third-order valence-electron chi connectivity index (χ3n) is 5.93. The van der Waals surface area contributed by atoms with Gasteiger partial charge in [-0.25, -0.2) is 18.1 Å². The Hall–Kier alpha value is -0.826. The molecule has 1 heterocycles. The Bertz CT molecular complexity index is 836. The van der Waals surface area contributed by atoms with Crippen molar-refractivity contribution < 1.29 is 50.7 Å². The summed E-state index contributed by atoms with van der Waals surface area (Å²) in [5.74, 6) is 0.745. The van der Waals surface area contributed by atoms with E-state index in [1.165, 1.54) is 19.3 Å². The first-order chi connectivity index (χ1) is 15.0. The summed E-state index contributed by atoms with van der Waals surface area (Å²) in [5.41, 5.74) is 0. The predicted molar refractivity (Wildman–Crippen MR) is 121 cm³/mol.